The molecular weight excluding hydrogens is 466 g/mol. The molecule has 10 nitrogen and oxygen atoms in total. The van der Waals surface area contributed by atoms with Crippen molar-refractivity contribution in [2.75, 3.05) is 19.5 Å². The van der Waals surface area contributed by atoms with Crippen LogP contribution in [0.1, 0.15) is 17.2 Å². The molecular formula is C20H16BrN7O3. The van der Waals surface area contributed by atoms with Gasteiger partial charge in [0, 0.05) is 27.2 Å². The predicted octanol–water partition coefficient (Wildman–Crippen LogP) is 2.90. The first kappa shape index (κ1) is 19.2. The number of aromatic amines is 1. The third-order valence-electron chi connectivity index (χ3n) is 5.12. The number of hydrogen-bond acceptors (Lipinski definition) is 8. The molecule has 31 heavy (non-hydrogen) atoms. The van der Waals surface area contributed by atoms with Gasteiger partial charge in [-0.1, -0.05) is 33.2 Å². The molecule has 5 rings (SSSR count). The molecule has 0 spiro atoms. The second-order valence-corrected chi connectivity index (χ2v) is 7.70. The highest BCUT2D eigenvalue weighted by atomic mass is 79.9. The van der Waals surface area contributed by atoms with Crippen LogP contribution >= 0.6 is 15.9 Å². The third-order valence-corrected chi connectivity index (χ3v) is 5.65. The number of anilines is 2. The number of aromatic nitrogens is 6. The van der Waals surface area contributed by atoms with Crippen molar-refractivity contribution in [3.8, 4) is 22.8 Å². The summed E-state index contributed by atoms with van der Waals surface area (Å²) in [7, 11) is 3.16. The quantitative estimate of drug-likeness (QED) is 0.402. The lowest BCUT2D eigenvalue weighted by Gasteiger charge is -2.28. The minimum Gasteiger partial charge on any atom is -0.497 e. The van der Waals surface area contributed by atoms with E-state index in [2.05, 4.69) is 47.0 Å². The summed E-state index contributed by atoms with van der Waals surface area (Å²) >= 11 is 3.45. The third kappa shape index (κ3) is 3.13. The summed E-state index contributed by atoms with van der Waals surface area (Å²) in [4.78, 5) is 12.7. The number of fused-ring (bicyclic) bond motifs is 2. The van der Waals surface area contributed by atoms with Gasteiger partial charge in [-0.2, -0.15) is 9.78 Å². The van der Waals surface area contributed by atoms with Crippen LogP contribution in [-0.2, 0) is 0 Å². The number of methoxy groups -OCH3 is 2. The molecule has 1 atom stereocenters. The van der Waals surface area contributed by atoms with E-state index in [1.54, 1.807) is 25.0 Å². The minimum absolute atomic E-state index is 0.332. The van der Waals surface area contributed by atoms with Gasteiger partial charge in [-0.3, -0.25) is 4.79 Å². The van der Waals surface area contributed by atoms with Crippen LogP contribution < -0.4 is 20.3 Å². The maximum Gasteiger partial charge on any atom is 0.288 e. The summed E-state index contributed by atoms with van der Waals surface area (Å²) in [6, 6.07) is 12.6. The minimum atomic E-state index is -0.560. The van der Waals surface area contributed by atoms with Gasteiger partial charge in [0.2, 0.25) is 5.95 Å². The molecule has 0 radical (unpaired) electrons. The summed E-state index contributed by atoms with van der Waals surface area (Å²) < 4.78 is 13.5. The average molecular weight is 482 g/mol. The number of ether oxygens (including phenoxy) is 2. The van der Waals surface area contributed by atoms with Crippen LogP contribution in [0, 0.1) is 0 Å². The van der Waals surface area contributed by atoms with Gasteiger partial charge in [-0.05, 0) is 34.7 Å². The van der Waals surface area contributed by atoms with Gasteiger partial charge in [-0.25, -0.2) is 5.10 Å². The summed E-state index contributed by atoms with van der Waals surface area (Å²) in [6.45, 7) is 0. The molecule has 156 valence electrons. The molecule has 2 N–H and O–H groups in total. The Bertz CT molecular complexity index is 1330. The molecule has 0 amide bonds. The first-order valence-corrected chi connectivity index (χ1v) is 10.1. The highest BCUT2D eigenvalue weighted by molar-refractivity contribution is 9.10. The number of H-pyrrole nitrogens is 1. The van der Waals surface area contributed by atoms with Crippen LogP contribution in [0.4, 0.5) is 11.6 Å². The number of nitrogens with one attached hydrogen (secondary N) is 2. The van der Waals surface area contributed by atoms with Crippen LogP contribution in [0.25, 0.3) is 11.3 Å². The lowest BCUT2D eigenvalue weighted by Crippen LogP contribution is -2.29. The first-order chi connectivity index (χ1) is 15.1. The number of nitrogens with zero attached hydrogens (tertiary/aromatic N) is 5. The monoisotopic (exact) mass is 481 g/mol. The van der Waals surface area contributed by atoms with Gasteiger partial charge in [0.15, 0.2) is 0 Å². The van der Waals surface area contributed by atoms with Crippen LogP contribution in [0.2, 0.25) is 0 Å². The Morgan fingerprint density at radius 3 is 2.65 bits per heavy atom. The maximum absolute atomic E-state index is 12.7. The van der Waals surface area contributed by atoms with E-state index in [-0.39, 0.29) is 5.56 Å². The number of rotatable bonds is 4. The van der Waals surface area contributed by atoms with Gasteiger partial charge in [0.25, 0.3) is 5.56 Å². The molecule has 1 aliphatic heterocycles. The van der Waals surface area contributed by atoms with Gasteiger partial charge >= 0.3 is 0 Å². The second-order valence-electron chi connectivity index (χ2n) is 6.78. The van der Waals surface area contributed by atoms with Gasteiger partial charge < -0.3 is 14.8 Å². The van der Waals surface area contributed by atoms with Crippen molar-refractivity contribution in [1.82, 2.24) is 30.4 Å². The SMILES string of the molecule is COc1ccc([C@H]2c3c(-c4ccc(Br)cc4)n[nH]c(=O)c3Nc3nnnn32)c(OC)c1. The van der Waals surface area contributed by atoms with E-state index < -0.39 is 6.04 Å². The van der Waals surface area contributed by atoms with Crippen molar-refractivity contribution < 1.29 is 9.47 Å². The summed E-state index contributed by atoms with van der Waals surface area (Å²) in [5.74, 6) is 1.55. The maximum atomic E-state index is 12.7. The first-order valence-electron chi connectivity index (χ1n) is 9.26. The van der Waals surface area contributed by atoms with Crippen molar-refractivity contribution in [2.24, 2.45) is 0 Å². The molecule has 1 aliphatic rings. The highest BCUT2D eigenvalue weighted by Crippen LogP contribution is 2.44. The fraction of sp³-hybridized carbons (Fsp3) is 0.150. The zero-order valence-corrected chi connectivity index (χ0v) is 18.0. The van der Waals surface area contributed by atoms with Crippen molar-refractivity contribution in [2.45, 2.75) is 6.04 Å². The Kier molecular flexibility index (Phi) is 4.66. The Hall–Kier alpha value is -3.73. The van der Waals surface area contributed by atoms with E-state index in [1.165, 1.54) is 0 Å². The molecule has 0 saturated carbocycles. The summed E-state index contributed by atoms with van der Waals surface area (Å²) in [6.07, 6.45) is 0. The van der Waals surface area contributed by atoms with E-state index in [1.807, 2.05) is 36.4 Å². The molecule has 0 saturated heterocycles. The Labute approximate surface area is 184 Å². The van der Waals surface area contributed by atoms with Crippen LogP contribution in [0.5, 0.6) is 11.5 Å². The summed E-state index contributed by atoms with van der Waals surface area (Å²) in [5, 5.41) is 22.0. The highest BCUT2D eigenvalue weighted by Gasteiger charge is 2.36. The lowest BCUT2D eigenvalue weighted by molar-refractivity contribution is 0.386. The zero-order valence-electron chi connectivity index (χ0n) is 16.5. The molecule has 0 fully saturated rings. The van der Waals surface area contributed by atoms with Gasteiger partial charge in [0.05, 0.1) is 19.9 Å². The van der Waals surface area contributed by atoms with Gasteiger partial charge in [0.1, 0.15) is 23.2 Å². The van der Waals surface area contributed by atoms with Gasteiger partial charge in [-0.15, -0.1) is 0 Å². The van der Waals surface area contributed by atoms with Crippen LogP contribution in [0.15, 0.2) is 51.7 Å². The Morgan fingerprint density at radius 1 is 1.10 bits per heavy atom. The van der Waals surface area contributed by atoms with E-state index in [4.69, 9.17) is 9.47 Å². The molecule has 4 aromatic rings. The Morgan fingerprint density at radius 2 is 1.90 bits per heavy atom. The van der Waals surface area contributed by atoms with E-state index in [0.717, 1.165) is 15.6 Å². The lowest BCUT2D eigenvalue weighted by atomic mass is 9.92. The number of tetrazole rings is 1. The van der Waals surface area contributed by atoms with E-state index >= 15 is 0 Å². The second kappa shape index (κ2) is 7.51. The zero-order chi connectivity index (χ0) is 21.5. The molecule has 0 unspecified atom stereocenters. The molecule has 3 heterocycles. The predicted molar refractivity (Wildman–Crippen MR) is 116 cm³/mol. The molecule has 2 aromatic carbocycles. The number of benzene rings is 2. The number of hydrogen-bond donors (Lipinski definition) is 2. The average Bonchev–Trinajstić information content (AvgIpc) is 3.27. The van der Waals surface area contributed by atoms with Crippen molar-refractivity contribution in [3.63, 3.8) is 0 Å². The van der Waals surface area contributed by atoms with Crippen LogP contribution in [0.3, 0.4) is 0 Å². The standard InChI is InChI=1S/C20H16BrN7O3/c1-30-12-7-8-13(14(9-12)31-2)18-15-16(10-3-5-11(21)6-4-10)23-24-19(29)17(15)22-20-25-26-27-28(18)20/h3-9,18H,1-2H3,(H,24,29)(H,22,25,27)/t18-/m0/s1. The number of halogens is 1. The van der Waals surface area contributed by atoms with Crippen LogP contribution in [-0.4, -0.2) is 44.6 Å². The fourth-order valence-electron chi connectivity index (χ4n) is 3.70. The van der Waals surface area contributed by atoms with Crippen molar-refractivity contribution in [1.29, 1.82) is 0 Å². The summed E-state index contributed by atoms with van der Waals surface area (Å²) in [5.41, 5.74) is 2.77. The smallest absolute Gasteiger partial charge is 0.288 e. The largest absolute Gasteiger partial charge is 0.497 e. The molecule has 11 heteroatoms. The van der Waals surface area contributed by atoms with Crippen molar-refractivity contribution in [3.05, 3.63) is 68.4 Å². The Balaban J connectivity index is 1.82. The molecule has 2 aromatic heterocycles. The molecule has 0 bridgehead atoms. The molecule has 0 aliphatic carbocycles. The normalized spacial score (nSPS) is 14.4. The van der Waals surface area contributed by atoms with E-state index in [9.17, 15) is 4.79 Å². The van der Waals surface area contributed by atoms with Crippen molar-refractivity contribution >= 4 is 27.6 Å². The fourth-order valence-corrected chi connectivity index (χ4v) is 3.96. The van der Waals surface area contributed by atoms with E-state index in [0.29, 0.717) is 34.4 Å². The topological polar surface area (TPSA) is 120 Å².